The van der Waals surface area contributed by atoms with Gasteiger partial charge in [-0.2, -0.15) is 0 Å². The van der Waals surface area contributed by atoms with Crippen molar-refractivity contribution in [3.05, 3.63) is 0 Å². The minimum atomic E-state index is 0.359. The van der Waals surface area contributed by atoms with E-state index in [2.05, 4.69) is 11.9 Å². The molecule has 1 aliphatic heterocycles. The second-order valence-electron chi connectivity index (χ2n) is 3.64. The lowest BCUT2D eigenvalue weighted by molar-refractivity contribution is 0.108. The molecule has 1 aliphatic carbocycles. The predicted molar refractivity (Wildman–Crippen MR) is 39.8 cm³/mol. The van der Waals surface area contributed by atoms with Crippen molar-refractivity contribution in [1.29, 1.82) is 0 Å². The average Bonchev–Trinajstić information content (AvgIpc) is 2.46. The van der Waals surface area contributed by atoms with Gasteiger partial charge in [0.05, 0.1) is 6.61 Å². The molecule has 0 spiro atoms. The molecule has 2 aliphatic rings. The SMILES string of the molecule is CN1C2CCC(C2)[C@H]1CO. The Morgan fingerprint density at radius 1 is 1.50 bits per heavy atom. The van der Waals surface area contributed by atoms with Crippen molar-refractivity contribution in [3.8, 4) is 0 Å². The van der Waals surface area contributed by atoms with Gasteiger partial charge in [-0.15, -0.1) is 0 Å². The summed E-state index contributed by atoms with van der Waals surface area (Å²) in [5, 5.41) is 9.02. The number of nitrogens with zero attached hydrogens (tertiary/aromatic N) is 1. The molecule has 3 atom stereocenters. The topological polar surface area (TPSA) is 23.5 Å². The smallest absolute Gasteiger partial charge is 0.0589 e. The molecule has 0 amide bonds. The van der Waals surface area contributed by atoms with Crippen LogP contribution in [-0.2, 0) is 0 Å². The summed E-state index contributed by atoms with van der Waals surface area (Å²) in [4.78, 5) is 2.36. The number of fused-ring (bicyclic) bond motifs is 2. The molecule has 0 aromatic heterocycles. The highest BCUT2D eigenvalue weighted by Gasteiger charge is 2.42. The Balaban J connectivity index is 2.10. The van der Waals surface area contributed by atoms with Gasteiger partial charge in [0.2, 0.25) is 0 Å². The van der Waals surface area contributed by atoms with E-state index in [0.29, 0.717) is 12.6 Å². The van der Waals surface area contributed by atoms with Gasteiger partial charge in [0.1, 0.15) is 0 Å². The molecule has 2 rings (SSSR count). The van der Waals surface area contributed by atoms with Gasteiger partial charge in [0, 0.05) is 12.1 Å². The summed E-state index contributed by atoms with van der Waals surface area (Å²) in [6.45, 7) is 0.359. The van der Waals surface area contributed by atoms with E-state index in [1.54, 1.807) is 0 Å². The van der Waals surface area contributed by atoms with Crippen LogP contribution in [0.2, 0.25) is 0 Å². The number of piperidine rings is 1. The van der Waals surface area contributed by atoms with Crippen molar-refractivity contribution >= 4 is 0 Å². The molecular weight excluding hydrogens is 126 g/mol. The van der Waals surface area contributed by atoms with E-state index >= 15 is 0 Å². The quantitative estimate of drug-likeness (QED) is 0.573. The van der Waals surface area contributed by atoms with E-state index in [1.165, 1.54) is 19.3 Å². The van der Waals surface area contributed by atoms with Crippen LogP contribution in [0.3, 0.4) is 0 Å². The van der Waals surface area contributed by atoms with Gasteiger partial charge in [0.25, 0.3) is 0 Å². The number of aliphatic hydroxyl groups is 1. The van der Waals surface area contributed by atoms with Crippen molar-refractivity contribution in [3.63, 3.8) is 0 Å². The molecule has 2 bridgehead atoms. The summed E-state index contributed by atoms with van der Waals surface area (Å²) in [7, 11) is 2.14. The molecule has 2 fully saturated rings. The van der Waals surface area contributed by atoms with Gasteiger partial charge in [0.15, 0.2) is 0 Å². The fourth-order valence-electron chi connectivity index (χ4n) is 2.59. The van der Waals surface area contributed by atoms with Crippen LogP contribution in [-0.4, -0.2) is 35.7 Å². The van der Waals surface area contributed by atoms with Crippen LogP contribution in [0.1, 0.15) is 19.3 Å². The Hall–Kier alpha value is -0.0800. The predicted octanol–water partition coefficient (Wildman–Crippen LogP) is 0.461. The summed E-state index contributed by atoms with van der Waals surface area (Å²) in [5.74, 6) is 0.806. The first-order chi connectivity index (χ1) is 4.83. The van der Waals surface area contributed by atoms with Crippen LogP contribution in [0.4, 0.5) is 0 Å². The maximum atomic E-state index is 9.02. The largest absolute Gasteiger partial charge is 0.395 e. The lowest BCUT2D eigenvalue weighted by atomic mass is 10.0. The molecule has 58 valence electrons. The molecule has 0 radical (unpaired) electrons. The highest BCUT2D eigenvalue weighted by atomic mass is 16.3. The molecule has 2 heteroatoms. The van der Waals surface area contributed by atoms with Crippen LogP contribution < -0.4 is 0 Å². The second-order valence-corrected chi connectivity index (χ2v) is 3.64. The van der Waals surface area contributed by atoms with Crippen LogP contribution in [0.25, 0.3) is 0 Å². The van der Waals surface area contributed by atoms with Gasteiger partial charge in [-0.25, -0.2) is 0 Å². The van der Waals surface area contributed by atoms with Gasteiger partial charge in [-0.1, -0.05) is 0 Å². The number of rotatable bonds is 1. The number of hydrogen-bond acceptors (Lipinski definition) is 2. The Morgan fingerprint density at radius 3 is 2.70 bits per heavy atom. The minimum absolute atomic E-state index is 0.359. The summed E-state index contributed by atoms with van der Waals surface area (Å²) in [6, 6.07) is 1.28. The highest BCUT2D eigenvalue weighted by Crippen LogP contribution is 2.40. The second kappa shape index (κ2) is 2.21. The zero-order valence-electron chi connectivity index (χ0n) is 6.45. The third kappa shape index (κ3) is 0.722. The van der Waals surface area contributed by atoms with E-state index in [-0.39, 0.29) is 0 Å². The molecule has 0 aromatic carbocycles. The number of hydrogen-bond donors (Lipinski definition) is 1. The number of aliphatic hydroxyl groups excluding tert-OH is 1. The van der Waals surface area contributed by atoms with Crippen molar-refractivity contribution in [1.82, 2.24) is 4.90 Å². The zero-order valence-corrected chi connectivity index (χ0v) is 6.45. The number of likely N-dealkylation sites (N-methyl/N-ethyl adjacent to an activating group) is 1. The van der Waals surface area contributed by atoms with E-state index < -0.39 is 0 Å². The van der Waals surface area contributed by atoms with Crippen molar-refractivity contribution in [2.45, 2.75) is 31.3 Å². The molecule has 1 N–H and O–H groups in total. The lowest BCUT2D eigenvalue weighted by Crippen LogP contribution is -2.39. The van der Waals surface area contributed by atoms with E-state index in [0.717, 1.165) is 12.0 Å². The monoisotopic (exact) mass is 141 g/mol. The molecule has 1 saturated carbocycles. The van der Waals surface area contributed by atoms with E-state index in [1.807, 2.05) is 0 Å². The third-order valence-electron chi connectivity index (χ3n) is 3.28. The molecule has 1 saturated heterocycles. The Kier molecular flexibility index (Phi) is 1.46. The summed E-state index contributed by atoms with van der Waals surface area (Å²) in [5.41, 5.74) is 0. The van der Waals surface area contributed by atoms with Gasteiger partial charge in [-0.3, -0.25) is 4.90 Å². The lowest BCUT2D eigenvalue weighted by Gasteiger charge is -2.30. The first-order valence-corrected chi connectivity index (χ1v) is 4.15. The minimum Gasteiger partial charge on any atom is -0.395 e. The van der Waals surface area contributed by atoms with Gasteiger partial charge >= 0.3 is 0 Å². The number of likely N-dealkylation sites (tertiary alicyclic amines) is 1. The van der Waals surface area contributed by atoms with Crippen molar-refractivity contribution in [2.75, 3.05) is 13.7 Å². The summed E-state index contributed by atoms with van der Waals surface area (Å²) >= 11 is 0. The van der Waals surface area contributed by atoms with Gasteiger partial charge in [-0.05, 0) is 32.2 Å². The molecule has 1 heterocycles. The van der Waals surface area contributed by atoms with Crippen LogP contribution in [0, 0.1) is 5.92 Å². The Labute approximate surface area is 61.8 Å². The molecule has 0 aromatic rings. The van der Waals surface area contributed by atoms with E-state index in [9.17, 15) is 0 Å². The summed E-state index contributed by atoms with van der Waals surface area (Å²) < 4.78 is 0. The standard InChI is InChI=1S/C8H15NO/c1-9-7-3-2-6(4-7)8(9)5-10/h6-8,10H,2-5H2,1H3/t6?,7?,8-/m1/s1. The Bertz CT molecular complexity index is 135. The Morgan fingerprint density at radius 2 is 2.30 bits per heavy atom. The first-order valence-electron chi connectivity index (χ1n) is 4.15. The molecule has 2 unspecified atom stereocenters. The third-order valence-corrected chi connectivity index (χ3v) is 3.28. The van der Waals surface area contributed by atoms with Crippen molar-refractivity contribution < 1.29 is 5.11 Å². The molecular formula is C8H15NO. The summed E-state index contributed by atoms with van der Waals surface area (Å²) in [6.07, 6.45) is 4.04. The molecule has 10 heavy (non-hydrogen) atoms. The maximum Gasteiger partial charge on any atom is 0.0589 e. The maximum absolute atomic E-state index is 9.02. The normalized spacial score (nSPS) is 46.8. The van der Waals surface area contributed by atoms with E-state index in [4.69, 9.17) is 5.11 Å². The first kappa shape index (κ1) is 6.62. The van der Waals surface area contributed by atoms with Crippen molar-refractivity contribution in [2.24, 2.45) is 5.92 Å². The average molecular weight is 141 g/mol. The van der Waals surface area contributed by atoms with Crippen LogP contribution in [0.5, 0.6) is 0 Å². The fourth-order valence-corrected chi connectivity index (χ4v) is 2.59. The van der Waals surface area contributed by atoms with Gasteiger partial charge < -0.3 is 5.11 Å². The molecule has 2 nitrogen and oxygen atoms in total. The fraction of sp³-hybridized carbons (Fsp3) is 1.00. The zero-order chi connectivity index (χ0) is 7.14. The van der Waals surface area contributed by atoms with Crippen LogP contribution >= 0.6 is 0 Å². The highest BCUT2D eigenvalue weighted by molar-refractivity contribution is 4.97. The van der Waals surface area contributed by atoms with Crippen LogP contribution in [0.15, 0.2) is 0 Å².